The minimum absolute atomic E-state index is 0.0242. The highest BCUT2D eigenvalue weighted by Crippen LogP contribution is 2.23. The fourth-order valence-electron chi connectivity index (χ4n) is 2.38. The molecular formula is C13H21N3O2S. The van der Waals surface area contributed by atoms with E-state index in [1.54, 1.807) is 0 Å². The lowest BCUT2D eigenvalue weighted by Crippen LogP contribution is -2.33. The molecule has 0 aliphatic carbocycles. The first-order valence-corrected chi connectivity index (χ1v) is 7.64. The minimum atomic E-state index is -0.646. The molecule has 1 aromatic rings. The van der Waals surface area contributed by atoms with Crippen molar-refractivity contribution < 1.29 is 9.90 Å². The Morgan fingerprint density at radius 1 is 1.47 bits per heavy atom. The van der Waals surface area contributed by atoms with E-state index in [9.17, 15) is 9.90 Å². The maximum atomic E-state index is 12.5. The predicted octanol–water partition coefficient (Wildman–Crippen LogP) is 1.87. The van der Waals surface area contributed by atoms with E-state index in [0.29, 0.717) is 24.4 Å². The fraction of sp³-hybridized carbons (Fsp3) is 0.769. The number of amides is 1. The highest BCUT2D eigenvalue weighted by atomic mass is 32.1. The molecule has 2 rings (SSSR count). The van der Waals surface area contributed by atoms with Gasteiger partial charge in [0.05, 0.1) is 11.3 Å². The molecule has 0 saturated carbocycles. The van der Waals surface area contributed by atoms with Crippen LogP contribution in [0, 0.1) is 0 Å². The monoisotopic (exact) mass is 283 g/mol. The highest BCUT2D eigenvalue weighted by molar-refractivity contribution is 7.08. The summed E-state index contributed by atoms with van der Waals surface area (Å²) in [6, 6.07) is 0. The molecule has 0 spiro atoms. The van der Waals surface area contributed by atoms with E-state index in [1.165, 1.54) is 11.5 Å². The Morgan fingerprint density at radius 3 is 3.00 bits per heavy atom. The number of aryl methyl sites for hydroxylation is 1. The van der Waals surface area contributed by atoms with Crippen LogP contribution in [-0.2, 0) is 6.42 Å². The van der Waals surface area contributed by atoms with Crippen molar-refractivity contribution in [3.8, 4) is 0 Å². The van der Waals surface area contributed by atoms with Gasteiger partial charge in [-0.25, -0.2) is 0 Å². The second-order valence-electron chi connectivity index (χ2n) is 5.44. The molecule has 1 aliphatic rings. The van der Waals surface area contributed by atoms with Gasteiger partial charge < -0.3 is 10.0 Å². The van der Waals surface area contributed by atoms with E-state index in [0.717, 1.165) is 31.4 Å². The molecule has 1 N–H and O–H groups in total. The van der Waals surface area contributed by atoms with Gasteiger partial charge in [-0.15, -0.1) is 5.10 Å². The summed E-state index contributed by atoms with van der Waals surface area (Å²) in [7, 11) is 0. The standard InChI is InChI=1S/C13H21N3O2S/c1-3-5-10-11(19-15-14-10)12(17)16-8-4-6-13(2,18)7-9-16/h18H,3-9H2,1-2H3. The number of hydrogen-bond donors (Lipinski definition) is 1. The summed E-state index contributed by atoms with van der Waals surface area (Å²) in [4.78, 5) is 15.0. The van der Waals surface area contributed by atoms with Gasteiger partial charge >= 0.3 is 0 Å². The van der Waals surface area contributed by atoms with E-state index >= 15 is 0 Å². The lowest BCUT2D eigenvalue weighted by molar-refractivity contribution is 0.0438. The molecule has 1 atom stereocenters. The minimum Gasteiger partial charge on any atom is -0.390 e. The molecule has 1 amide bonds. The smallest absolute Gasteiger partial charge is 0.267 e. The Hall–Kier alpha value is -1.01. The Balaban J connectivity index is 2.08. The highest BCUT2D eigenvalue weighted by Gasteiger charge is 2.29. The molecule has 6 heteroatoms. The van der Waals surface area contributed by atoms with Crippen LogP contribution in [0.2, 0.25) is 0 Å². The van der Waals surface area contributed by atoms with Crippen molar-refractivity contribution >= 4 is 17.4 Å². The first-order chi connectivity index (χ1) is 9.03. The zero-order valence-corrected chi connectivity index (χ0v) is 12.4. The summed E-state index contributed by atoms with van der Waals surface area (Å²) in [6.45, 7) is 5.22. The number of carbonyl (C=O) groups is 1. The van der Waals surface area contributed by atoms with Crippen molar-refractivity contribution in [2.75, 3.05) is 13.1 Å². The zero-order valence-electron chi connectivity index (χ0n) is 11.6. The molecular weight excluding hydrogens is 262 g/mol. The lowest BCUT2D eigenvalue weighted by atomic mass is 9.98. The average Bonchev–Trinajstić information content (AvgIpc) is 2.73. The zero-order chi connectivity index (χ0) is 13.9. The van der Waals surface area contributed by atoms with Crippen LogP contribution < -0.4 is 0 Å². The van der Waals surface area contributed by atoms with Gasteiger partial charge in [0.25, 0.3) is 5.91 Å². The molecule has 0 bridgehead atoms. The fourth-order valence-corrected chi connectivity index (χ4v) is 3.06. The van der Waals surface area contributed by atoms with Gasteiger partial charge in [-0.1, -0.05) is 17.8 Å². The van der Waals surface area contributed by atoms with Gasteiger partial charge in [0, 0.05) is 13.1 Å². The second-order valence-corrected chi connectivity index (χ2v) is 6.20. The molecule has 1 unspecified atom stereocenters. The molecule has 5 nitrogen and oxygen atoms in total. The third kappa shape index (κ3) is 3.51. The number of likely N-dealkylation sites (tertiary alicyclic amines) is 1. The summed E-state index contributed by atoms with van der Waals surface area (Å²) in [5, 5.41) is 14.1. The summed E-state index contributed by atoms with van der Waals surface area (Å²) in [5.41, 5.74) is 0.168. The van der Waals surface area contributed by atoms with Gasteiger partial charge in [-0.2, -0.15) is 0 Å². The van der Waals surface area contributed by atoms with Crippen molar-refractivity contribution in [2.45, 2.75) is 51.6 Å². The Labute approximate surface area is 117 Å². The van der Waals surface area contributed by atoms with Crippen LogP contribution >= 0.6 is 11.5 Å². The van der Waals surface area contributed by atoms with Crippen molar-refractivity contribution in [3.63, 3.8) is 0 Å². The first-order valence-electron chi connectivity index (χ1n) is 6.86. The van der Waals surface area contributed by atoms with Gasteiger partial charge in [0.1, 0.15) is 4.88 Å². The molecule has 1 aromatic heterocycles. The molecule has 1 saturated heterocycles. The van der Waals surface area contributed by atoms with Crippen LogP contribution in [0.1, 0.15) is 54.9 Å². The number of carbonyl (C=O) groups excluding carboxylic acids is 1. The number of rotatable bonds is 3. The maximum absolute atomic E-state index is 12.5. The summed E-state index contributed by atoms with van der Waals surface area (Å²) in [6.07, 6.45) is 3.98. The second kappa shape index (κ2) is 5.96. The van der Waals surface area contributed by atoms with E-state index in [4.69, 9.17) is 0 Å². The Kier molecular flexibility index (Phi) is 4.52. The molecule has 0 radical (unpaired) electrons. The molecule has 106 valence electrons. The SMILES string of the molecule is CCCc1nnsc1C(=O)N1CCCC(C)(O)CC1. The molecule has 2 heterocycles. The normalized spacial score (nSPS) is 24.3. The van der Waals surface area contributed by atoms with Crippen LogP contribution in [0.25, 0.3) is 0 Å². The Bertz CT molecular complexity index is 445. The van der Waals surface area contributed by atoms with Crippen LogP contribution in [0.15, 0.2) is 0 Å². The van der Waals surface area contributed by atoms with Crippen molar-refractivity contribution in [3.05, 3.63) is 10.6 Å². The Morgan fingerprint density at radius 2 is 2.26 bits per heavy atom. The summed E-state index contributed by atoms with van der Waals surface area (Å²) in [5.74, 6) is 0.0242. The van der Waals surface area contributed by atoms with E-state index in [-0.39, 0.29) is 5.91 Å². The first kappa shape index (κ1) is 14.4. The van der Waals surface area contributed by atoms with E-state index < -0.39 is 5.60 Å². The predicted molar refractivity (Wildman–Crippen MR) is 74.3 cm³/mol. The summed E-state index contributed by atoms with van der Waals surface area (Å²) >= 11 is 1.18. The number of aliphatic hydroxyl groups is 1. The molecule has 1 aliphatic heterocycles. The topological polar surface area (TPSA) is 66.3 Å². The van der Waals surface area contributed by atoms with Crippen molar-refractivity contribution in [1.82, 2.24) is 14.5 Å². The quantitative estimate of drug-likeness (QED) is 0.919. The number of aromatic nitrogens is 2. The van der Waals surface area contributed by atoms with Crippen LogP contribution in [-0.4, -0.2) is 44.2 Å². The van der Waals surface area contributed by atoms with Gasteiger partial charge in [-0.3, -0.25) is 4.79 Å². The molecule has 19 heavy (non-hydrogen) atoms. The van der Waals surface area contributed by atoms with Crippen molar-refractivity contribution in [1.29, 1.82) is 0 Å². The van der Waals surface area contributed by atoms with Gasteiger partial charge in [0.2, 0.25) is 0 Å². The lowest BCUT2D eigenvalue weighted by Gasteiger charge is -2.22. The van der Waals surface area contributed by atoms with Gasteiger partial charge in [-0.05, 0) is 44.1 Å². The van der Waals surface area contributed by atoms with Crippen LogP contribution in [0.4, 0.5) is 0 Å². The maximum Gasteiger partial charge on any atom is 0.267 e. The van der Waals surface area contributed by atoms with Crippen LogP contribution in [0.3, 0.4) is 0 Å². The average molecular weight is 283 g/mol. The number of hydrogen-bond acceptors (Lipinski definition) is 5. The third-order valence-corrected chi connectivity index (χ3v) is 4.34. The molecule has 1 fully saturated rings. The third-order valence-electron chi connectivity index (χ3n) is 3.59. The van der Waals surface area contributed by atoms with Crippen molar-refractivity contribution in [2.24, 2.45) is 0 Å². The number of nitrogens with zero attached hydrogens (tertiary/aromatic N) is 3. The van der Waals surface area contributed by atoms with Crippen LogP contribution in [0.5, 0.6) is 0 Å². The van der Waals surface area contributed by atoms with Gasteiger partial charge in [0.15, 0.2) is 0 Å². The molecule has 0 aromatic carbocycles. The van der Waals surface area contributed by atoms with E-state index in [1.807, 2.05) is 11.8 Å². The largest absolute Gasteiger partial charge is 0.390 e. The van der Waals surface area contributed by atoms with E-state index in [2.05, 4.69) is 16.5 Å². The summed E-state index contributed by atoms with van der Waals surface area (Å²) < 4.78 is 3.90.